The summed E-state index contributed by atoms with van der Waals surface area (Å²) in [5, 5.41) is 0. The molecular weight excluding hydrogens is 598 g/mol. The molecule has 2 saturated heterocycles. The molecule has 2 aromatic rings. The van der Waals surface area contributed by atoms with Crippen molar-refractivity contribution in [1.82, 2.24) is 19.6 Å². The number of rotatable bonds is 5. The van der Waals surface area contributed by atoms with Crippen LogP contribution in [0.5, 0.6) is 0 Å². The Morgan fingerprint density at radius 2 is 1.27 bits per heavy atom. The van der Waals surface area contributed by atoms with Gasteiger partial charge in [-0.05, 0) is 60.6 Å². The van der Waals surface area contributed by atoms with E-state index in [0.717, 1.165) is 24.3 Å². The molecule has 2 heterocycles. The minimum absolute atomic E-state index is 0.0104. The number of alkyl halides is 6. The van der Waals surface area contributed by atoms with Crippen molar-refractivity contribution in [2.45, 2.75) is 77.9 Å². The van der Waals surface area contributed by atoms with E-state index in [4.69, 9.17) is 0 Å². The highest BCUT2D eigenvalue weighted by atomic mass is 19.4. The molecule has 1 unspecified atom stereocenters. The molecule has 0 spiro atoms. The van der Waals surface area contributed by atoms with Crippen LogP contribution < -0.4 is 0 Å². The van der Waals surface area contributed by atoms with Crippen LogP contribution >= 0.6 is 0 Å². The van der Waals surface area contributed by atoms with Gasteiger partial charge in [0.25, 0.3) is 0 Å². The molecule has 0 aromatic heterocycles. The molecule has 2 aromatic carbocycles. The van der Waals surface area contributed by atoms with Crippen LogP contribution in [0, 0.1) is 5.41 Å². The Labute approximate surface area is 260 Å². The molecule has 0 aliphatic carbocycles. The van der Waals surface area contributed by atoms with E-state index in [0.29, 0.717) is 63.2 Å². The molecule has 0 N–H and O–H groups in total. The highest BCUT2D eigenvalue weighted by Gasteiger charge is 2.43. The lowest BCUT2D eigenvalue weighted by molar-refractivity contribution is -0.138. The molecule has 0 bridgehead atoms. The maximum absolute atomic E-state index is 14.1. The zero-order valence-electron chi connectivity index (χ0n) is 26.4. The van der Waals surface area contributed by atoms with Gasteiger partial charge < -0.3 is 14.7 Å². The minimum Gasteiger partial charge on any atom is -0.343 e. The van der Waals surface area contributed by atoms with E-state index in [1.54, 1.807) is 11.8 Å². The first-order chi connectivity index (χ1) is 20.9. The fourth-order valence-corrected chi connectivity index (χ4v) is 6.54. The van der Waals surface area contributed by atoms with Gasteiger partial charge in [-0.3, -0.25) is 9.69 Å². The van der Waals surface area contributed by atoms with Gasteiger partial charge >= 0.3 is 18.4 Å². The number of urea groups is 1. The molecule has 0 saturated carbocycles. The lowest BCUT2D eigenvalue weighted by atomic mass is 9.83. The zero-order valence-corrected chi connectivity index (χ0v) is 26.4. The van der Waals surface area contributed by atoms with E-state index in [-0.39, 0.29) is 24.0 Å². The monoisotopic (exact) mass is 640 g/mol. The van der Waals surface area contributed by atoms with Gasteiger partial charge in [-0.1, -0.05) is 45.0 Å². The summed E-state index contributed by atoms with van der Waals surface area (Å²) in [6, 6.07) is 8.43. The van der Waals surface area contributed by atoms with Crippen LogP contribution in [0.2, 0.25) is 0 Å². The number of amides is 3. The summed E-state index contributed by atoms with van der Waals surface area (Å²) in [5.41, 5.74) is -0.982. The van der Waals surface area contributed by atoms with E-state index in [9.17, 15) is 35.9 Å². The maximum atomic E-state index is 14.1. The van der Waals surface area contributed by atoms with Gasteiger partial charge in [0.15, 0.2) is 0 Å². The smallest absolute Gasteiger partial charge is 0.343 e. The third kappa shape index (κ3) is 7.93. The van der Waals surface area contributed by atoms with Crippen molar-refractivity contribution in [2.24, 2.45) is 5.41 Å². The van der Waals surface area contributed by atoms with Crippen molar-refractivity contribution < 1.29 is 35.9 Å². The molecule has 2 aliphatic rings. The number of piperidine rings is 1. The first-order valence-corrected chi connectivity index (χ1v) is 15.3. The summed E-state index contributed by atoms with van der Waals surface area (Å²) in [5.74, 6) is 0.0161. The number of halogens is 6. The van der Waals surface area contributed by atoms with E-state index in [1.165, 1.54) is 24.3 Å². The van der Waals surface area contributed by atoms with Crippen LogP contribution in [0.3, 0.4) is 0 Å². The number of benzene rings is 2. The molecule has 3 amide bonds. The molecule has 2 aliphatic heterocycles. The van der Waals surface area contributed by atoms with E-state index >= 15 is 0 Å². The third-order valence-corrected chi connectivity index (χ3v) is 9.07. The maximum Gasteiger partial charge on any atom is 0.416 e. The Bertz CT molecular complexity index is 1260. The van der Waals surface area contributed by atoms with Crippen molar-refractivity contribution >= 4 is 11.9 Å². The van der Waals surface area contributed by atoms with Gasteiger partial charge in [0.1, 0.15) is 0 Å². The summed E-state index contributed by atoms with van der Waals surface area (Å²) in [6.07, 6.45) is -7.69. The number of likely N-dealkylation sites (tertiary alicyclic amines) is 1. The Morgan fingerprint density at radius 3 is 1.64 bits per heavy atom. The minimum atomic E-state index is -4.53. The number of hydrogen-bond acceptors (Lipinski definition) is 3. The van der Waals surface area contributed by atoms with Crippen molar-refractivity contribution in [2.75, 3.05) is 39.3 Å². The molecule has 45 heavy (non-hydrogen) atoms. The van der Waals surface area contributed by atoms with E-state index in [1.807, 2.05) is 42.4 Å². The van der Waals surface area contributed by atoms with Gasteiger partial charge in [0.2, 0.25) is 5.91 Å². The lowest BCUT2D eigenvalue weighted by Crippen LogP contribution is -2.63. The number of nitrogens with zero attached hydrogens (tertiary/aromatic N) is 4. The van der Waals surface area contributed by atoms with Crippen molar-refractivity contribution in [3.05, 3.63) is 70.8 Å². The van der Waals surface area contributed by atoms with Crippen molar-refractivity contribution in [1.29, 1.82) is 0 Å². The average molecular weight is 641 g/mol. The quantitative estimate of drug-likeness (QED) is 0.323. The van der Waals surface area contributed by atoms with E-state index < -0.39 is 34.9 Å². The Morgan fingerprint density at radius 1 is 0.800 bits per heavy atom. The largest absolute Gasteiger partial charge is 0.416 e. The second kappa shape index (κ2) is 13.2. The van der Waals surface area contributed by atoms with Crippen LogP contribution in [0.15, 0.2) is 48.5 Å². The lowest BCUT2D eigenvalue weighted by Gasteiger charge is -2.51. The van der Waals surface area contributed by atoms with Crippen LogP contribution in [-0.2, 0) is 17.1 Å². The summed E-state index contributed by atoms with van der Waals surface area (Å²) in [6.45, 7) is 12.3. The molecule has 0 radical (unpaired) electrons. The summed E-state index contributed by atoms with van der Waals surface area (Å²) >= 11 is 0. The Balaban J connectivity index is 1.64. The second-order valence-corrected chi connectivity index (χ2v) is 13.0. The fraction of sp³-hybridized carbons (Fsp3) is 0.576. The molecule has 1 atom stereocenters. The summed E-state index contributed by atoms with van der Waals surface area (Å²) in [4.78, 5) is 33.5. The average Bonchev–Trinajstić information content (AvgIpc) is 2.97. The number of piperazine rings is 1. The number of carbonyl (C=O) groups excluding carboxylic acids is 2. The first kappa shape index (κ1) is 34.6. The molecule has 6 nitrogen and oxygen atoms in total. The second-order valence-electron chi connectivity index (χ2n) is 13.0. The predicted octanol–water partition coefficient (Wildman–Crippen LogP) is 7.30. The van der Waals surface area contributed by atoms with Gasteiger partial charge in [-0.2, -0.15) is 26.3 Å². The van der Waals surface area contributed by atoms with E-state index in [2.05, 4.69) is 0 Å². The number of carbonyl (C=O) groups is 2. The first-order valence-electron chi connectivity index (χ1n) is 15.3. The predicted molar refractivity (Wildman–Crippen MR) is 159 cm³/mol. The van der Waals surface area contributed by atoms with Crippen LogP contribution in [-0.4, -0.2) is 82.9 Å². The normalized spacial score (nSPS) is 19.2. The molecule has 2 fully saturated rings. The summed E-state index contributed by atoms with van der Waals surface area (Å²) in [7, 11) is 0. The highest BCUT2D eigenvalue weighted by molar-refractivity contribution is 5.76. The number of hydrogen-bond donors (Lipinski definition) is 0. The van der Waals surface area contributed by atoms with Gasteiger partial charge in [-0.15, -0.1) is 0 Å². The van der Waals surface area contributed by atoms with Crippen LogP contribution in [0.4, 0.5) is 31.1 Å². The van der Waals surface area contributed by atoms with Crippen LogP contribution in [0.1, 0.15) is 75.8 Å². The van der Waals surface area contributed by atoms with Crippen molar-refractivity contribution in [3.8, 4) is 0 Å². The van der Waals surface area contributed by atoms with Gasteiger partial charge in [0, 0.05) is 52.2 Å². The van der Waals surface area contributed by atoms with Crippen LogP contribution in [0.25, 0.3) is 0 Å². The molecule has 12 heteroatoms. The SMILES string of the molecule is CCN(C(=O)N1CCN(C(c2ccc(C(F)(F)F)cc2)c2ccc(C(F)(F)F)cc2)CC1C(C)(C)C)C1CCN(C(C)=O)CC1. The van der Waals surface area contributed by atoms with Crippen molar-refractivity contribution in [3.63, 3.8) is 0 Å². The highest BCUT2D eigenvalue weighted by Crippen LogP contribution is 2.38. The molecule has 4 rings (SSSR count). The third-order valence-electron chi connectivity index (χ3n) is 9.07. The molecule has 248 valence electrons. The van der Waals surface area contributed by atoms with Gasteiger partial charge in [0.05, 0.1) is 23.2 Å². The zero-order chi connectivity index (χ0) is 33.3. The molecular formula is C33H42F6N4O2. The Hall–Kier alpha value is -3.28. The summed E-state index contributed by atoms with van der Waals surface area (Å²) < 4.78 is 80.2. The van der Waals surface area contributed by atoms with Gasteiger partial charge in [-0.25, -0.2) is 4.79 Å². The standard InChI is InChI=1S/C33H42F6N4O2/c1-6-42(27-15-17-40(18-16-27)22(2)44)30(45)43-20-19-41(21-28(43)31(3,4)5)29(23-7-11-25(12-8-23)32(34,35)36)24-9-13-26(14-10-24)33(37,38)39/h7-14,27-29H,6,15-21H2,1-5H3. The Kier molecular flexibility index (Phi) is 10.2. The topological polar surface area (TPSA) is 47.1 Å². The fourth-order valence-electron chi connectivity index (χ4n) is 6.54.